The summed E-state index contributed by atoms with van der Waals surface area (Å²) in [4.78, 5) is 0. The van der Waals surface area contributed by atoms with E-state index in [0.717, 1.165) is 43.2 Å². The predicted octanol–water partition coefficient (Wildman–Crippen LogP) is 3.82. The van der Waals surface area contributed by atoms with Crippen molar-refractivity contribution in [2.75, 3.05) is 13.2 Å². The Labute approximate surface area is 119 Å². The zero-order chi connectivity index (χ0) is 13.1. The van der Waals surface area contributed by atoms with Crippen LogP contribution in [0.2, 0.25) is 5.02 Å². The first-order chi connectivity index (χ1) is 9.31. The van der Waals surface area contributed by atoms with Crippen LogP contribution < -0.4 is 5.32 Å². The van der Waals surface area contributed by atoms with Crippen molar-refractivity contribution in [3.05, 3.63) is 58.0 Å². The van der Waals surface area contributed by atoms with Crippen molar-refractivity contribution in [2.24, 2.45) is 0 Å². The maximum absolute atomic E-state index is 5.88. The molecule has 100 valence electrons. The van der Waals surface area contributed by atoms with Crippen LogP contribution in [0.1, 0.15) is 24.8 Å². The molecular weight excluding hydrogens is 258 g/mol. The van der Waals surface area contributed by atoms with E-state index in [0.29, 0.717) is 0 Å². The minimum absolute atomic E-state index is 0.732. The van der Waals surface area contributed by atoms with Crippen LogP contribution in [0, 0.1) is 0 Å². The fourth-order valence-electron chi connectivity index (χ4n) is 2.59. The minimum atomic E-state index is 0.732. The number of rotatable bonds is 4. The molecule has 3 heteroatoms. The topological polar surface area (TPSA) is 21.3 Å². The summed E-state index contributed by atoms with van der Waals surface area (Å²) >= 11 is 5.87. The van der Waals surface area contributed by atoms with Crippen LogP contribution >= 0.6 is 11.6 Å². The average Bonchev–Trinajstić information content (AvgIpc) is 2.88. The van der Waals surface area contributed by atoms with Gasteiger partial charge in [0, 0.05) is 30.1 Å². The Morgan fingerprint density at radius 3 is 2.79 bits per heavy atom. The summed E-state index contributed by atoms with van der Waals surface area (Å²) in [6, 6.07) is 7.97. The maximum atomic E-state index is 5.88. The van der Waals surface area contributed by atoms with Gasteiger partial charge in [-0.05, 0) is 42.2 Å². The standard InChI is InChI=1S/C16H18ClNO/c17-14-4-1-12(2-5-14)8-10-19-15-6-3-13-7-9-18-16(13)11-15/h1-2,4-5,11,18H,3,6-10H2. The Kier molecular flexibility index (Phi) is 3.79. The molecule has 0 bridgehead atoms. The second-order valence-electron chi connectivity index (χ2n) is 5.03. The molecule has 0 radical (unpaired) electrons. The number of hydrogen-bond donors (Lipinski definition) is 1. The molecule has 0 spiro atoms. The summed E-state index contributed by atoms with van der Waals surface area (Å²) < 4.78 is 5.88. The van der Waals surface area contributed by atoms with Crippen molar-refractivity contribution in [1.82, 2.24) is 5.32 Å². The SMILES string of the molecule is Clc1ccc(CCOC2=CC3=C(CCN3)CC2)cc1. The highest BCUT2D eigenvalue weighted by Crippen LogP contribution is 2.28. The molecule has 0 aromatic heterocycles. The number of allylic oxidation sites excluding steroid dienone is 2. The normalized spacial score (nSPS) is 17.8. The van der Waals surface area contributed by atoms with E-state index in [9.17, 15) is 0 Å². The van der Waals surface area contributed by atoms with Gasteiger partial charge < -0.3 is 10.1 Å². The molecule has 2 aliphatic rings. The lowest BCUT2D eigenvalue weighted by Crippen LogP contribution is -2.09. The maximum Gasteiger partial charge on any atom is 0.0983 e. The number of halogens is 1. The second kappa shape index (κ2) is 5.70. The van der Waals surface area contributed by atoms with E-state index in [4.69, 9.17) is 16.3 Å². The van der Waals surface area contributed by atoms with Crippen molar-refractivity contribution in [3.63, 3.8) is 0 Å². The summed E-state index contributed by atoms with van der Waals surface area (Å²) in [5.74, 6) is 1.11. The van der Waals surface area contributed by atoms with Crippen molar-refractivity contribution in [3.8, 4) is 0 Å². The molecule has 1 heterocycles. The second-order valence-corrected chi connectivity index (χ2v) is 5.47. The highest BCUT2D eigenvalue weighted by Gasteiger charge is 2.18. The molecule has 1 aromatic rings. The lowest BCUT2D eigenvalue weighted by molar-refractivity contribution is 0.204. The van der Waals surface area contributed by atoms with E-state index in [1.807, 2.05) is 12.1 Å². The summed E-state index contributed by atoms with van der Waals surface area (Å²) in [5.41, 5.74) is 4.12. The van der Waals surface area contributed by atoms with Crippen LogP contribution in [-0.4, -0.2) is 13.2 Å². The Morgan fingerprint density at radius 1 is 1.11 bits per heavy atom. The Balaban J connectivity index is 1.51. The van der Waals surface area contributed by atoms with Crippen molar-refractivity contribution >= 4 is 11.6 Å². The Bertz CT molecular complexity index is 516. The van der Waals surface area contributed by atoms with Crippen LogP contribution in [0.15, 0.2) is 47.4 Å². The molecule has 2 nitrogen and oxygen atoms in total. The molecule has 0 atom stereocenters. The highest BCUT2D eigenvalue weighted by molar-refractivity contribution is 6.30. The first-order valence-electron chi connectivity index (χ1n) is 6.85. The fraction of sp³-hybridized carbons (Fsp3) is 0.375. The third kappa shape index (κ3) is 3.13. The van der Waals surface area contributed by atoms with Crippen molar-refractivity contribution < 1.29 is 4.74 Å². The summed E-state index contributed by atoms with van der Waals surface area (Å²) in [7, 11) is 0. The molecule has 0 amide bonds. The summed E-state index contributed by atoms with van der Waals surface area (Å²) in [6.07, 6.45) is 6.49. The molecule has 1 aliphatic heterocycles. The first-order valence-corrected chi connectivity index (χ1v) is 7.23. The van der Waals surface area contributed by atoms with E-state index in [-0.39, 0.29) is 0 Å². The van der Waals surface area contributed by atoms with Gasteiger partial charge in [-0.25, -0.2) is 0 Å². The lowest BCUT2D eigenvalue weighted by Gasteiger charge is -2.16. The third-order valence-electron chi connectivity index (χ3n) is 3.69. The van der Waals surface area contributed by atoms with Gasteiger partial charge in [-0.15, -0.1) is 0 Å². The van der Waals surface area contributed by atoms with E-state index in [1.165, 1.54) is 17.7 Å². The number of ether oxygens (including phenoxy) is 1. The molecule has 1 N–H and O–H groups in total. The zero-order valence-electron chi connectivity index (χ0n) is 10.9. The van der Waals surface area contributed by atoms with Gasteiger partial charge in [-0.3, -0.25) is 0 Å². The fourth-order valence-corrected chi connectivity index (χ4v) is 2.72. The largest absolute Gasteiger partial charge is 0.498 e. The van der Waals surface area contributed by atoms with Gasteiger partial charge in [-0.1, -0.05) is 23.7 Å². The van der Waals surface area contributed by atoms with E-state index in [2.05, 4.69) is 23.5 Å². The molecule has 1 aliphatic carbocycles. The van der Waals surface area contributed by atoms with E-state index < -0.39 is 0 Å². The minimum Gasteiger partial charge on any atom is -0.498 e. The van der Waals surface area contributed by atoms with Crippen LogP contribution in [0.3, 0.4) is 0 Å². The third-order valence-corrected chi connectivity index (χ3v) is 3.95. The van der Waals surface area contributed by atoms with Gasteiger partial charge in [0.05, 0.1) is 12.4 Å². The number of nitrogens with one attached hydrogen (secondary N) is 1. The van der Waals surface area contributed by atoms with Crippen LogP contribution in [-0.2, 0) is 11.2 Å². The Hall–Kier alpha value is -1.41. The summed E-state index contributed by atoms with van der Waals surface area (Å²) in [6.45, 7) is 1.81. The molecule has 0 fully saturated rings. The van der Waals surface area contributed by atoms with Gasteiger partial charge in [0.15, 0.2) is 0 Å². The lowest BCUT2D eigenvalue weighted by atomic mass is 10.0. The molecule has 19 heavy (non-hydrogen) atoms. The van der Waals surface area contributed by atoms with Gasteiger partial charge in [0.1, 0.15) is 0 Å². The molecule has 1 aromatic carbocycles. The number of benzene rings is 1. The monoisotopic (exact) mass is 275 g/mol. The van der Waals surface area contributed by atoms with Crippen LogP contribution in [0.25, 0.3) is 0 Å². The van der Waals surface area contributed by atoms with E-state index >= 15 is 0 Å². The number of hydrogen-bond acceptors (Lipinski definition) is 2. The Morgan fingerprint density at radius 2 is 1.95 bits per heavy atom. The van der Waals surface area contributed by atoms with E-state index in [1.54, 1.807) is 5.57 Å². The molecule has 0 saturated carbocycles. The highest BCUT2D eigenvalue weighted by atomic mass is 35.5. The molecule has 0 saturated heterocycles. The van der Waals surface area contributed by atoms with Gasteiger partial charge in [0.25, 0.3) is 0 Å². The summed E-state index contributed by atoms with van der Waals surface area (Å²) in [5, 5.41) is 4.20. The quantitative estimate of drug-likeness (QED) is 0.902. The average molecular weight is 276 g/mol. The van der Waals surface area contributed by atoms with Gasteiger partial charge in [0.2, 0.25) is 0 Å². The van der Waals surface area contributed by atoms with Crippen LogP contribution in [0.4, 0.5) is 0 Å². The molecule has 3 rings (SSSR count). The van der Waals surface area contributed by atoms with Crippen LogP contribution in [0.5, 0.6) is 0 Å². The van der Waals surface area contributed by atoms with Gasteiger partial charge >= 0.3 is 0 Å². The van der Waals surface area contributed by atoms with Gasteiger partial charge in [-0.2, -0.15) is 0 Å². The molecule has 0 unspecified atom stereocenters. The van der Waals surface area contributed by atoms with Crippen molar-refractivity contribution in [1.29, 1.82) is 0 Å². The smallest absolute Gasteiger partial charge is 0.0983 e. The first kappa shape index (κ1) is 12.6. The molecular formula is C16H18ClNO. The predicted molar refractivity (Wildman–Crippen MR) is 78.1 cm³/mol. The van der Waals surface area contributed by atoms with Crippen molar-refractivity contribution in [2.45, 2.75) is 25.7 Å². The zero-order valence-corrected chi connectivity index (χ0v) is 11.7.